The number of piperidine rings is 1. The first-order valence-electron chi connectivity index (χ1n) is 9.19. The Hall–Kier alpha value is -1.36. The molecule has 0 spiro atoms. The molecule has 1 aliphatic heterocycles. The van der Waals surface area contributed by atoms with Gasteiger partial charge in [-0.2, -0.15) is 0 Å². The molecule has 1 aliphatic carbocycles. The first-order chi connectivity index (χ1) is 11.7. The van der Waals surface area contributed by atoms with Crippen molar-refractivity contribution in [2.75, 3.05) is 38.7 Å². The van der Waals surface area contributed by atoms with Crippen molar-refractivity contribution in [3.8, 4) is 0 Å². The highest BCUT2D eigenvalue weighted by atomic mass is 16.3. The van der Waals surface area contributed by atoms with E-state index in [2.05, 4.69) is 65.6 Å². The molecule has 1 aromatic rings. The number of aliphatic hydroxyl groups excluding tert-OH is 1. The molecule has 24 heavy (non-hydrogen) atoms. The van der Waals surface area contributed by atoms with Gasteiger partial charge in [0.2, 0.25) is 0 Å². The van der Waals surface area contributed by atoms with Gasteiger partial charge in [-0.15, -0.1) is 0 Å². The van der Waals surface area contributed by atoms with Crippen molar-refractivity contribution in [2.45, 2.75) is 37.9 Å². The largest absolute Gasteiger partial charge is 0.396 e. The van der Waals surface area contributed by atoms with Gasteiger partial charge in [0.05, 0.1) is 0 Å². The lowest BCUT2D eigenvalue weighted by Crippen LogP contribution is -2.42. The summed E-state index contributed by atoms with van der Waals surface area (Å²) in [6.45, 7) is 3.50. The summed E-state index contributed by atoms with van der Waals surface area (Å²) >= 11 is 0. The van der Waals surface area contributed by atoms with Crippen LogP contribution in [-0.4, -0.2) is 55.9 Å². The molecule has 4 nitrogen and oxygen atoms in total. The molecule has 132 valence electrons. The number of rotatable bonds is 6. The van der Waals surface area contributed by atoms with E-state index < -0.39 is 0 Å². The Balaban J connectivity index is 1.61. The zero-order chi connectivity index (χ0) is 16.9. The molecule has 0 unspecified atom stereocenters. The smallest absolute Gasteiger partial charge is 0.0494 e. The maximum Gasteiger partial charge on any atom is 0.0494 e. The minimum Gasteiger partial charge on any atom is -0.396 e. The third-order valence-corrected chi connectivity index (χ3v) is 5.57. The van der Waals surface area contributed by atoms with Crippen molar-refractivity contribution in [3.63, 3.8) is 0 Å². The van der Waals surface area contributed by atoms with Crippen LogP contribution in [0.1, 0.15) is 24.8 Å². The van der Waals surface area contributed by atoms with E-state index in [1.165, 1.54) is 37.2 Å². The average Bonchev–Trinajstić information content (AvgIpc) is 3.08. The standard InChI is InChI=1S/C20H31N3O/c1-22-11-9-19(10-12-22)23(2)20-6-4-3-5-17(20)14-21-18-8-7-16(13-18)15-24/h3-8,16,18-19,21,24H,9-15H2,1-2H3/t16-,18+/m0/s1. The van der Waals surface area contributed by atoms with Crippen LogP contribution >= 0.6 is 0 Å². The van der Waals surface area contributed by atoms with Crippen molar-refractivity contribution in [2.24, 2.45) is 5.92 Å². The van der Waals surface area contributed by atoms with Crippen LogP contribution in [0.4, 0.5) is 5.69 Å². The highest BCUT2D eigenvalue weighted by Gasteiger charge is 2.23. The average molecular weight is 329 g/mol. The predicted molar refractivity (Wildman–Crippen MR) is 100 cm³/mol. The highest BCUT2D eigenvalue weighted by Crippen LogP contribution is 2.26. The third kappa shape index (κ3) is 4.18. The fourth-order valence-corrected chi connectivity index (χ4v) is 3.89. The van der Waals surface area contributed by atoms with Crippen molar-refractivity contribution >= 4 is 5.69 Å². The summed E-state index contributed by atoms with van der Waals surface area (Å²) in [5.41, 5.74) is 2.71. The maximum absolute atomic E-state index is 9.26. The Bertz CT molecular complexity index is 552. The van der Waals surface area contributed by atoms with Gasteiger partial charge in [0.15, 0.2) is 0 Å². The summed E-state index contributed by atoms with van der Waals surface area (Å²) in [7, 11) is 4.45. The lowest BCUT2D eigenvalue weighted by molar-refractivity contribution is 0.246. The molecule has 1 heterocycles. The number of hydrogen-bond donors (Lipinski definition) is 2. The van der Waals surface area contributed by atoms with E-state index in [1.54, 1.807) is 0 Å². The van der Waals surface area contributed by atoms with Gasteiger partial charge >= 0.3 is 0 Å². The van der Waals surface area contributed by atoms with Crippen LogP contribution in [0.5, 0.6) is 0 Å². The Labute approximate surface area is 146 Å². The minimum atomic E-state index is 0.254. The maximum atomic E-state index is 9.26. The van der Waals surface area contributed by atoms with Crippen LogP contribution in [0.3, 0.4) is 0 Å². The summed E-state index contributed by atoms with van der Waals surface area (Å²) in [4.78, 5) is 4.90. The minimum absolute atomic E-state index is 0.254. The molecular formula is C20H31N3O. The molecule has 4 heteroatoms. The van der Waals surface area contributed by atoms with Crippen molar-refractivity contribution in [1.29, 1.82) is 0 Å². The molecule has 1 saturated heterocycles. The molecule has 1 fully saturated rings. The number of para-hydroxylation sites is 1. The molecule has 2 aliphatic rings. The van der Waals surface area contributed by atoms with Gasteiger partial charge in [-0.3, -0.25) is 0 Å². The number of benzene rings is 1. The van der Waals surface area contributed by atoms with Crippen LogP contribution in [0.2, 0.25) is 0 Å². The number of nitrogens with one attached hydrogen (secondary N) is 1. The lowest BCUT2D eigenvalue weighted by Gasteiger charge is -2.37. The summed E-state index contributed by atoms with van der Waals surface area (Å²) in [6, 6.07) is 9.76. The Morgan fingerprint density at radius 2 is 1.96 bits per heavy atom. The molecule has 0 radical (unpaired) electrons. The molecule has 2 atom stereocenters. The first-order valence-corrected chi connectivity index (χ1v) is 9.19. The number of anilines is 1. The van der Waals surface area contributed by atoms with Crippen LogP contribution < -0.4 is 10.2 Å². The van der Waals surface area contributed by atoms with Crippen LogP contribution in [0.15, 0.2) is 36.4 Å². The molecule has 0 saturated carbocycles. The molecular weight excluding hydrogens is 298 g/mol. The van der Waals surface area contributed by atoms with Crippen molar-refractivity contribution < 1.29 is 5.11 Å². The second kappa shape index (κ2) is 8.15. The van der Waals surface area contributed by atoms with E-state index in [4.69, 9.17) is 0 Å². The monoisotopic (exact) mass is 329 g/mol. The van der Waals surface area contributed by atoms with E-state index in [0.29, 0.717) is 18.0 Å². The number of hydrogen-bond acceptors (Lipinski definition) is 4. The van der Waals surface area contributed by atoms with Gasteiger partial charge in [-0.05, 0) is 51.0 Å². The zero-order valence-corrected chi connectivity index (χ0v) is 15.0. The molecule has 0 aromatic heterocycles. The number of aliphatic hydroxyl groups is 1. The predicted octanol–water partition coefficient (Wildman–Crippen LogP) is 2.24. The summed E-state index contributed by atoms with van der Waals surface area (Å²) < 4.78 is 0. The summed E-state index contributed by atoms with van der Waals surface area (Å²) in [6.07, 6.45) is 7.80. The fourth-order valence-electron chi connectivity index (χ4n) is 3.89. The zero-order valence-electron chi connectivity index (χ0n) is 15.0. The van der Waals surface area contributed by atoms with E-state index in [9.17, 15) is 5.11 Å². The number of likely N-dealkylation sites (tertiary alicyclic amines) is 1. The van der Waals surface area contributed by atoms with E-state index in [1.807, 2.05) is 0 Å². The first kappa shape index (κ1) is 17.5. The molecule has 1 aromatic carbocycles. The van der Waals surface area contributed by atoms with Crippen molar-refractivity contribution in [3.05, 3.63) is 42.0 Å². The van der Waals surface area contributed by atoms with E-state index in [0.717, 1.165) is 13.0 Å². The van der Waals surface area contributed by atoms with Gasteiger partial charge < -0.3 is 20.2 Å². The van der Waals surface area contributed by atoms with E-state index >= 15 is 0 Å². The van der Waals surface area contributed by atoms with Crippen LogP contribution in [0, 0.1) is 5.92 Å². The second-order valence-corrected chi connectivity index (χ2v) is 7.32. The molecule has 0 bridgehead atoms. The van der Waals surface area contributed by atoms with Crippen LogP contribution in [-0.2, 0) is 6.54 Å². The lowest BCUT2D eigenvalue weighted by atomic mass is 10.0. The van der Waals surface area contributed by atoms with Gasteiger partial charge in [0.1, 0.15) is 0 Å². The van der Waals surface area contributed by atoms with Gasteiger partial charge in [0, 0.05) is 43.9 Å². The molecule has 0 amide bonds. The SMILES string of the molecule is CN1CCC(N(C)c2ccccc2CN[C@@H]2C=C[C@H](CO)C2)CC1. The quantitative estimate of drug-likeness (QED) is 0.785. The topological polar surface area (TPSA) is 38.7 Å². The summed E-state index contributed by atoms with van der Waals surface area (Å²) in [5, 5.41) is 12.9. The normalized spacial score (nSPS) is 25.3. The fraction of sp³-hybridized carbons (Fsp3) is 0.600. The number of nitrogens with zero attached hydrogens (tertiary/aromatic N) is 2. The Morgan fingerprint density at radius 3 is 2.67 bits per heavy atom. The molecule has 2 N–H and O–H groups in total. The van der Waals surface area contributed by atoms with E-state index in [-0.39, 0.29) is 6.61 Å². The summed E-state index contributed by atoms with van der Waals surface area (Å²) in [5.74, 6) is 0.319. The van der Waals surface area contributed by atoms with Gasteiger partial charge in [-0.25, -0.2) is 0 Å². The third-order valence-electron chi connectivity index (χ3n) is 5.57. The Morgan fingerprint density at radius 1 is 1.21 bits per heavy atom. The van der Waals surface area contributed by atoms with Crippen molar-refractivity contribution in [1.82, 2.24) is 10.2 Å². The molecule has 3 rings (SSSR count). The van der Waals surface area contributed by atoms with Gasteiger partial charge in [0.25, 0.3) is 0 Å². The Kier molecular flexibility index (Phi) is 5.93. The highest BCUT2D eigenvalue weighted by molar-refractivity contribution is 5.54. The second-order valence-electron chi connectivity index (χ2n) is 7.32. The van der Waals surface area contributed by atoms with Crippen LogP contribution in [0.25, 0.3) is 0 Å². The van der Waals surface area contributed by atoms with Gasteiger partial charge in [-0.1, -0.05) is 30.4 Å².